The minimum Gasteiger partial charge on any atom is -0.150 e. The molecule has 1 aliphatic rings. The number of thiophene rings is 2. The summed E-state index contributed by atoms with van der Waals surface area (Å²) in [5.41, 5.74) is 3.70. The Morgan fingerprint density at radius 1 is 0.500 bits per heavy atom. The Labute approximate surface area is 114 Å². The zero-order valence-corrected chi connectivity index (χ0v) is 10.8. The number of fused-ring (bicyclic) bond motifs is 2. The Morgan fingerprint density at radius 2 is 0.778 bits per heavy atom. The van der Waals surface area contributed by atoms with Crippen molar-refractivity contribution in [3.05, 3.63) is 43.8 Å². The smallest absolute Gasteiger partial charge is 0.0519 e. The molecule has 0 bridgehead atoms. The molecule has 2 heterocycles. The van der Waals surface area contributed by atoms with E-state index < -0.39 is 0 Å². The second-order valence-electron chi connectivity index (χ2n) is 3.40. The van der Waals surface area contributed by atoms with Gasteiger partial charge in [0.05, 0.1) is 22.3 Å². The molecule has 0 saturated carbocycles. The monoisotopic (exact) mass is 260 g/mol. The maximum absolute atomic E-state index is 3.02. The third kappa shape index (κ3) is 2.18. The molecular formula is C16H4S2. The molecule has 3 rings (SSSR count). The third-order valence-corrected chi connectivity index (χ3v) is 3.72. The van der Waals surface area contributed by atoms with Crippen LogP contribution >= 0.6 is 22.7 Å². The van der Waals surface area contributed by atoms with Crippen LogP contribution in [0, 0.1) is 47.4 Å². The first-order valence-electron chi connectivity index (χ1n) is 5.10. The highest BCUT2D eigenvalue weighted by Crippen LogP contribution is 2.13. The van der Waals surface area contributed by atoms with Crippen molar-refractivity contribution in [3.8, 4) is 47.4 Å². The van der Waals surface area contributed by atoms with Gasteiger partial charge in [0.1, 0.15) is 0 Å². The quantitative estimate of drug-likeness (QED) is 0.639. The molecule has 0 aromatic carbocycles. The Morgan fingerprint density at radius 3 is 1.06 bits per heavy atom. The molecule has 1 aliphatic carbocycles. The largest absolute Gasteiger partial charge is 0.150 e. The average Bonchev–Trinajstić information content (AvgIpc) is 2.98. The summed E-state index contributed by atoms with van der Waals surface area (Å²) in [5, 5.41) is 7.92. The van der Waals surface area contributed by atoms with Gasteiger partial charge in [-0.3, -0.25) is 0 Å². The van der Waals surface area contributed by atoms with Crippen LogP contribution in [-0.2, 0) is 0 Å². The van der Waals surface area contributed by atoms with Crippen molar-refractivity contribution in [2.24, 2.45) is 0 Å². The van der Waals surface area contributed by atoms with Gasteiger partial charge in [0.15, 0.2) is 0 Å². The second-order valence-corrected chi connectivity index (χ2v) is 4.89. The highest BCUT2D eigenvalue weighted by atomic mass is 32.1. The molecule has 18 heavy (non-hydrogen) atoms. The van der Waals surface area contributed by atoms with Crippen LogP contribution in [0.15, 0.2) is 21.5 Å². The van der Waals surface area contributed by atoms with E-state index in [-0.39, 0.29) is 0 Å². The summed E-state index contributed by atoms with van der Waals surface area (Å²) >= 11 is 3.17. The van der Waals surface area contributed by atoms with E-state index in [0.717, 1.165) is 22.3 Å². The van der Waals surface area contributed by atoms with Crippen LogP contribution in [0.1, 0.15) is 22.3 Å². The fourth-order valence-corrected chi connectivity index (χ4v) is 2.80. The molecule has 0 saturated heterocycles. The molecule has 80 valence electrons. The minimum absolute atomic E-state index is 0.926. The predicted octanol–water partition coefficient (Wildman–Crippen LogP) is 2.93. The third-order valence-electron chi connectivity index (χ3n) is 2.24. The molecule has 2 aromatic rings. The van der Waals surface area contributed by atoms with Crippen molar-refractivity contribution in [2.45, 2.75) is 0 Å². The van der Waals surface area contributed by atoms with Crippen LogP contribution in [0.5, 0.6) is 0 Å². The zero-order valence-electron chi connectivity index (χ0n) is 9.13. The van der Waals surface area contributed by atoms with Gasteiger partial charge in [-0.05, 0) is 23.7 Å². The van der Waals surface area contributed by atoms with E-state index in [4.69, 9.17) is 0 Å². The fraction of sp³-hybridized carbons (Fsp3) is 0. The lowest BCUT2D eigenvalue weighted by molar-refractivity contribution is 1.74. The lowest BCUT2D eigenvalue weighted by Gasteiger charge is -1.84. The van der Waals surface area contributed by atoms with E-state index in [0.29, 0.717) is 0 Å². The van der Waals surface area contributed by atoms with Crippen LogP contribution < -0.4 is 0 Å². The van der Waals surface area contributed by atoms with Crippen molar-refractivity contribution in [1.29, 1.82) is 0 Å². The molecule has 0 N–H and O–H groups in total. The Balaban J connectivity index is 2.16. The summed E-state index contributed by atoms with van der Waals surface area (Å²) in [5.74, 6) is 23.5. The molecule has 2 heteroatoms. The summed E-state index contributed by atoms with van der Waals surface area (Å²) in [6, 6.07) is 0. The van der Waals surface area contributed by atoms with E-state index in [1.807, 2.05) is 21.5 Å². The van der Waals surface area contributed by atoms with Gasteiger partial charge in [-0.1, -0.05) is 23.7 Å². The van der Waals surface area contributed by atoms with Crippen molar-refractivity contribution >= 4 is 22.7 Å². The number of rotatable bonds is 0. The summed E-state index contributed by atoms with van der Waals surface area (Å²) < 4.78 is 0. The topological polar surface area (TPSA) is 0 Å². The van der Waals surface area contributed by atoms with E-state index in [1.165, 1.54) is 0 Å². The van der Waals surface area contributed by atoms with E-state index in [9.17, 15) is 0 Å². The van der Waals surface area contributed by atoms with Crippen molar-refractivity contribution in [3.63, 3.8) is 0 Å². The van der Waals surface area contributed by atoms with Crippen molar-refractivity contribution in [2.75, 3.05) is 0 Å². The molecule has 0 spiro atoms. The Bertz CT molecular complexity index is 704. The van der Waals surface area contributed by atoms with Gasteiger partial charge in [0.25, 0.3) is 0 Å². The van der Waals surface area contributed by atoms with Gasteiger partial charge in [0.2, 0.25) is 0 Å². The first-order chi connectivity index (χ1) is 8.93. The summed E-state index contributed by atoms with van der Waals surface area (Å²) in [7, 11) is 0. The van der Waals surface area contributed by atoms with Crippen LogP contribution in [0.3, 0.4) is 0 Å². The lowest BCUT2D eigenvalue weighted by Crippen LogP contribution is -1.77. The molecular weight excluding hydrogens is 256 g/mol. The molecule has 0 atom stereocenters. The van der Waals surface area contributed by atoms with Gasteiger partial charge in [-0.2, -0.15) is 0 Å². The molecule has 0 aliphatic heterocycles. The van der Waals surface area contributed by atoms with Crippen molar-refractivity contribution < 1.29 is 0 Å². The van der Waals surface area contributed by atoms with Gasteiger partial charge >= 0.3 is 0 Å². The molecule has 0 radical (unpaired) electrons. The van der Waals surface area contributed by atoms with Crippen LogP contribution in [0.25, 0.3) is 0 Å². The van der Waals surface area contributed by atoms with Gasteiger partial charge < -0.3 is 0 Å². The first kappa shape index (κ1) is 10.8. The van der Waals surface area contributed by atoms with Crippen LogP contribution in [-0.4, -0.2) is 0 Å². The average molecular weight is 260 g/mol. The molecule has 0 nitrogen and oxygen atoms in total. The second kappa shape index (κ2) is 4.87. The van der Waals surface area contributed by atoms with Gasteiger partial charge in [-0.15, -0.1) is 22.7 Å². The highest BCUT2D eigenvalue weighted by molar-refractivity contribution is 7.08. The first-order valence-corrected chi connectivity index (χ1v) is 6.98. The summed E-state index contributed by atoms with van der Waals surface area (Å²) in [4.78, 5) is 0. The summed E-state index contributed by atoms with van der Waals surface area (Å²) in [6.45, 7) is 0. The molecule has 0 unspecified atom stereocenters. The maximum atomic E-state index is 3.02. The van der Waals surface area contributed by atoms with Crippen LogP contribution in [0.4, 0.5) is 0 Å². The Kier molecular flexibility index (Phi) is 2.92. The molecule has 0 amide bonds. The standard InChI is InChI=1S/C16H4S2/c1-2-6-14-10-18-12-16(14)8-4-3-7-15-11-17-9-13(15)5-1/h9-12H. The highest BCUT2D eigenvalue weighted by Gasteiger charge is 1.98. The van der Waals surface area contributed by atoms with E-state index in [2.05, 4.69) is 47.4 Å². The SMILES string of the molecule is C1#Cc2cscc2C#CC#Cc2cscc2C#C1. The fourth-order valence-electron chi connectivity index (χ4n) is 1.38. The van der Waals surface area contributed by atoms with Crippen LogP contribution in [0.2, 0.25) is 0 Å². The number of hydrogen-bond acceptors (Lipinski definition) is 2. The predicted molar refractivity (Wildman–Crippen MR) is 76.2 cm³/mol. The van der Waals surface area contributed by atoms with E-state index >= 15 is 0 Å². The normalized spacial score (nSPS) is 10.2. The number of hydrogen-bond donors (Lipinski definition) is 0. The maximum Gasteiger partial charge on any atom is 0.0519 e. The Hall–Kier alpha value is -2.36. The molecule has 0 fully saturated rings. The minimum atomic E-state index is 0.926. The molecule has 2 aromatic heterocycles. The lowest BCUT2D eigenvalue weighted by atomic mass is 10.2. The van der Waals surface area contributed by atoms with Crippen molar-refractivity contribution in [1.82, 2.24) is 0 Å². The summed E-state index contributed by atoms with van der Waals surface area (Å²) in [6.07, 6.45) is 0. The zero-order chi connectivity index (χ0) is 12.2. The van der Waals surface area contributed by atoms with Gasteiger partial charge in [-0.25, -0.2) is 0 Å². The van der Waals surface area contributed by atoms with E-state index in [1.54, 1.807) is 22.7 Å². The van der Waals surface area contributed by atoms with Gasteiger partial charge in [0, 0.05) is 21.5 Å².